The van der Waals surface area contributed by atoms with Crippen LogP contribution in [0.4, 0.5) is 0 Å². The molecule has 2 aliphatic heterocycles. The van der Waals surface area contributed by atoms with Crippen molar-refractivity contribution in [3.8, 4) is 0 Å². The lowest BCUT2D eigenvalue weighted by atomic mass is 9.90. The van der Waals surface area contributed by atoms with Crippen molar-refractivity contribution < 1.29 is 0 Å². The maximum Gasteiger partial charge on any atom is 0.109 e. The van der Waals surface area contributed by atoms with Gasteiger partial charge in [-0.1, -0.05) is 36.4 Å². The number of nitrogens with zero attached hydrogens (tertiary/aromatic N) is 1. The highest BCUT2D eigenvalue weighted by molar-refractivity contribution is 8.00. The van der Waals surface area contributed by atoms with E-state index in [1.165, 1.54) is 23.4 Å². The molecule has 3 heteroatoms. The third-order valence-electron chi connectivity index (χ3n) is 3.78. The molecule has 4 rings (SSSR count). The molecule has 0 amide bonds. The average molecular weight is 230 g/mol. The van der Waals surface area contributed by atoms with Crippen molar-refractivity contribution in [2.45, 2.75) is 17.6 Å². The number of benzene rings is 1. The predicted octanol–water partition coefficient (Wildman–Crippen LogP) is 2.06. The number of hydrogen-bond acceptors (Lipinski definition) is 3. The van der Waals surface area contributed by atoms with Crippen LogP contribution in [-0.4, -0.2) is 28.7 Å². The van der Waals surface area contributed by atoms with Gasteiger partial charge in [0.05, 0.1) is 12.1 Å². The fourth-order valence-corrected chi connectivity index (χ4v) is 4.24. The molecule has 1 aromatic carbocycles. The Morgan fingerprint density at radius 1 is 1.31 bits per heavy atom. The fourth-order valence-electron chi connectivity index (χ4n) is 3.02. The Morgan fingerprint density at radius 2 is 2.25 bits per heavy atom. The molecule has 16 heavy (non-hydrogen) atoms. The molecular weight excluding hydrogens is 216 g/mol. The van der Waals surface area contributed by atoms with Crippen LogP contribution in [0.15, 0.2) is 30.3 Å². The molecule has 3 atom stereocenters. The van der Waals surface area contributed by atoms with E-state index < -0.39 is 0 Å². The molecule has 2 saturated heterocycles. The monoisotopic (exact) mass is 230 g/mol. The summed E-state index contributed by atoms with van der Waals surface area (Å²) in [6.07, 6.45) is 4.65. The van der Waals surface area contributed by atoms with Crippen molar-refractivity contribution in [2.24, 2.45) is 0 Å². The average Bonchev–Trinajstić information content (AvgIpc) is 2.88. The van der Waals surface area contributed by atoms with Gasteiger partial charge in [-0.3, -0.25) is 10.2 Å². The molecule has 3 unspecified atom stereocenters. The van der Waals surface area contributed by atoms with Gasteiger partial charge in [0.1, 0.15) is 5.50 Å². The van der Waals surface area contributed by atoms with Gasteiger partial charge in [-0.15, -0.1) is 11.8 Å². The first kappa shape index (κ1) is 9.28. The van der Waals surface area contributed by atoms with Crippen molar-refractivity contribution in [2.75, 3.05) is 12.3 Å². The first-order valence-electron chi connectivity index (χ1n) is 5.84. The van der Waals surface area contributed by atoms with Gasteiger partial charge in [0, 0.05) is 12.3 Å². The molecule has 2 nitrogen and oxygen atoms in total. The predicted molar refractivity (Wildman–Crippen MR) is 68.1 cm³/mol. The SMILES string of the molecule is C1=CC2C(NC3SCCN32)c2ccccc21. The topological polar surface area (TPSA) is 15.3 Å². The number of nitrogens with one attached hydrogen (secondary N) is 1. The Hall–Kier alpha value is -0.770. The molecular formula is C13H14N2S. The molecule has 1 N–H and O–H groups in total. The second-order valence-corrected chi connectivity index (χ2v) is 5.77. The molecule has 0 saturated carbocycles. The molecule has 0 aromatic heterocycles. The van der Waals surface area contributed by atoms with Gasteiger partial charge in [0.25, 0.3) is 0 Å². The lowest BCUT2D eigenvalue weighted by Gasteiger charge is -2.27. The summed E-state index contributed by atoms with van der Waals surface area (Å²) in [5.41, 5.74) is 3.37. The van der Waals surface area contributed by atoms with Gasteiger partial charge in [-0.25, -0.2) is 0 Å². The second-order valence-electron chi connectivity index (χ2n) is 4.58. The van der Waals surface area contributed by atoms with Gasteiger partial charge in [-0.05, 0) is 11.1 Å². The van der Waals surface area contributed by atoms with Crippen LogP contribution in [0.5, 0.6) is 0 Å². The fraction of sp³-hybridized carbons (Fsp3) is 0.385. The normalized spacial score (nSPS) is 35.9. The summed E-state index contributed by atoms with van der Waals surface area (Å²) >= 11 is 2.03. The standard InChI is InChI=1S/C13H14N2S/c1-2-4-10-9(3-1)5-6-11-12(10)14-13-15(11)7-8-16-13/h1-6,11-14H,7-8H2. The number of hydrogen-bond donors (Lipinski definition) is 1. The Balaban J connectivity index is 1.79. The number of rotatable bonds is 0. The van der Waals surface area contributed by atoms with Crippen LogP contribution >= 0.6 is 11.8 Å². The zero-order valence-corrected chi connectivity index (χ0v) is 9.78. The van der Waals surface area contributed by atoms with E-state index in [0.29, 0.717) is 17.6 Å². The molecule has 0 spiro atoms. The highest BCUT2D eigenvalue weighted by atomic mass is 32.2. The summed E-state index contributed by atoms with van der Waals surface area (Å²) in [4.78, 5) is 2.59. The van der Waals surface area contributed by atoms with Crippen molar-refractivity contribution in [3.05, 3.63) is 41.5 Å². The van der Waals surface area contributed by atoms with Crippen LogP contribution < -0.4 is 5.32 Å². The second kappa shape index (κ2) is 3.36. The summed E-state index contributed by atoms with van der Waals surface area (Å²) in [5.74, 6) is 1.26. The van der Waals surface area contributed by atoms with Crippen LogP contribution in [0.3, 0.4) is 0 Å². The van der Waals surface area contributed by atoms with Gasteiger partial charge < -0.3 is 0 Å². The van der Waals surface area contributed by atoms with Crippen LogP contribution in [0.2, 0.25) is 0 Å². The molecule has 2 heterocycles. The van der Waals surface area contributed by atoms with E-state index in [2.05, 4.69) is 46.6 Å². The van der Waals surface area contributed by atoms with Gasteiger partial charge in [0.15, 0.2) is 0 Å². The van der Waals surface area contributed by atoms with E-state index in [0.717, 1.165) is 0 Å². The first-order chi connectivity index (χ1) is 7.93. The Kier molecular flexibility index (Phi) is 1.95. The van der Waals surface area contributed by atoms with E-state index in [1.54, 1.807) is 0 Å². The largest absolute Gasteiger partial charge is 0.284 e. The highest BCUT2D eigenvalue weighted by Gasteiger charge is 2.44. The van der Waals surface area contributed by atoms with E-state index >= 15 is 0 Å². The maximum atomic E-state index is 3.75. The van der Waals surface area contributed by atoms with Gasteiger partial charge in [-0.2, -0.15) is 0 Å². The summed E-state index contributed by atoms with van der Waals surface area (Å²) in [6, 6.07) is 9.80. The number of thioether (sulfide) groups is 1. The maximum absolute atomic E-state index is 3.75. The summed E-state index contributed by atoms with van der Waals surface area (Å²) in [6.45, 7) is 1.22. The zero-order chi connectivity index (χ0) is 10.5. The van der Waals surface area contributed by atoms with Crippen molar-refractivity contribution >= 4 is 17.8 Å². The summed E-state index contributed by atoms with van der Waals surface area (Å²) < 4.78 is 0. The third kappa shape index (κ3) is 1.16. The van der Waals surface area contributed by atoms with E-state index in [1.807, 2.05) is 11.8 Å². The Labute approximate surface area is 99.7 Å². The summed E-state index contributed by atoms with van der Waals surface area (Å²) in [5, 5.41) is 3.75. The zero-order valence-electron chi connectivity index (χ0n) is 8.97. The summed E-state index contributed by atoms with van der Waals surface area (Å²) in [7, 11) is 0. The molecule has 2 fully saturated rings. The lowest BCUT2D eigenvalue weighted by molar-refractivity contribution is 0.294. The highest BCUT2D eigenvalue weighted by Crippen LogP contribution is 2.41. The molecule has 0 radical (unpaired) electrons. The van der Waals surface area contributed by atoms with Crippen molar-refractivity contribution in [1.29, 1.82) is 0 Å². The number of fused-ring (bicyclic) bond motifs is 5. The molecule has 1 aliphatic carbocycles. The van der Waals surface area contributed by atoms with Crippen LogP contribution in [0.1, 0.15) is 17.2 Å². The quantitative estimate of drug-likeness (QED) is 0.734. The van der Waals surface area contributed by atoms with Crippen molar-refractivity contribution in [1.82, 2.24) is 10.2 Å². The van der Waals surface area contributed by atoms with E-state index in [9.17, 15) is 0 Å². The van der Waals surface area contributed by atoms with E-state index in [-0.39, 0.29) is 0 Å². The van der Waals surface area contributed by atoms with E-state index in [4.69, 9.17) is 0 Å². The van der Waals surface area contributed by atoms with Gasteiger partial charge in [0.2, 0.25) is 0 Å². The Bertz CT molecular complexity index is 457. The van der Waals surface area contributed by atoms with Crippen LogP contribution in [0.25, 0.3) is 6.08 Å². The van der Waals surface area contributed by atoms with Crippen LogP contribution in [-0.2, 0) is 0 Å². The van der Waals surface area contributed by atoms with Gasteiger partial charge >= 0.3 is 0 Å². The first-order valence-corrected chi connectivity index (χ1v) is 6.89. The molecule has 3 aliphatic rings. The molecule has 0 bridgehead atoms. The van der Waals surface area contributed by atoms with Crippen molar-refractivity contribution in [3.63, 3.8) is 0 Å². The minimum Gasteiger partial charge on any atom is -0.284 e. The Morgan fingerprint density at radius 3 is 3.25 bits per heavy atom. The lowest BCUT2D eigenvalue weighted by Crippen LogP contribution is -2.32. The molecule has 1 aromatic rings. The molecule has 82 valence electrons. The smallest absolute Gasteiger partial charge is 0.109 e. The van der Waals surface area contributed by atoms with Crippen LogP contribution in [0, 0.1) is 0 Å². The minimum absolute atomic E-state index is 0.499. The minimum atomic E-state index is 0.499. The third-order valence-corrected chi connectivity index (χ3v) is 4.92.